The van der Waals surface area contributed by atoms with Crippen LogP contribution < -0.4 is 10.2 Å². The van der Waals surface area contributed by atoms with Gasteiger partial charge in [-0.15, -0.1) is 0 Å². The van der Waals surface area contributed by atoms with Gasteiger partial charge in [0.05, 0.1) is 6.04 Å². The Balaban J connectivity index is 1.53. The number of hydrogen-bond donors (Lipinski definition) is 1. The highest BCUT2D eigenvalue weighted by molar-refractivity contribution is 5.75. The SMILES string of the molecule is CC(NC(=O)N1CCN(c2ncccn2)CC1)c1ccc(C(C)(C)C)cc1. The fourth-order valence-corrected chi connectivity index (χ4v) is 3.20. The molecule has 6 heteroatoms. The second kappa shape index (κ2) is 7.94. The normalized spacial score (nSPS) is 16.1. The minimum Gasteiger partial charge on any atom is -0.337 e. The van der Waals surface area contributed by atoms with Crippen LogP contribution in [0.3, 0.4) is 0 Å². The van der Waals surface area contributed by atoms with Crippen LogP contribution in [0, 0.1) is 0 Å². The van der Waals surface area contributed by atoms with Crippen LogP contribution in [0.4, 0.5) is 10.7 Å². The Morgan fingerprint density at radius 2 is 1.63 bits per heavy atom. The number of nitrogens with zero attached hydrogens (tertiary/aromatic N) is 4. The summed E-state index contributed by atoms with van der Waals surface area (Å²) in [5.41, 5.74) is 2.55. The van der Waals surface area contributed by atoms with Crippen LogP contribution in [0.5, 0.6) is 0 Å². The minimum atomic E-state index is -0.0259. The smallest absolute Gasteiger partial charge is 0.317 e. The van der Waals surface area contributed by atoms with Crippen LogP contribution in [0.15, 0.2) is 42.7 Å². The summed E-state index contributed by atoms with van der Waals surface area (Å²) in [6.07, 6.45) is 3.49. The van der Waals surface area contributed by atoms with Gasteiger partial charge in [-0.25, -0.2) is 14.8 Å². The van der Waals surface area contributed by atoms with Gasteiger partial charge in [0.25, 0.3) is 0 Å². The van der Waals surface area contributed by atoms with E-state index in [1.165, 1.54) is 5.56 Å². The Labute approximate surface area is 161 Å². The molecule has 2 amide bonds. The highest BCUT2D eigenvalue weighted by Crippen LogP contribution is 2.24. The molecule has 1 aromatic heterocycles. The number of urea groups is 1. The maximum Gasteiger partial charge on any atom is 0.317 e. The molecule has 27 heavy (non-hydrogen) atoms. The first-order valence-electron chi connectivity index (χ1n) is 9.52. The van der Waals surface area contributed by atoms with E-state index in [0.29, 0.717) is 13.1 Å². The molecule has 0 radical (unpaired) electrons. The molecule has 1 unspecified atom stereocenters. The van der Waals surface area contributed by atoms with Gasteiger partial charge in [-0.2, -0.15) is 0 Å². The summed E-state index contributed by atoms with van der Waals surface area (Å²) in [6.45, 7) is 11.4. The first kappa shape index (κ1) is 19.1. The average Bonchev–Trinajstić information content (AvgIpc) is 2.68. The fourth-order valence-electron chi connectivity index (χ4n) is 3.20. The lowest BCUT2D eigenvalue weighted by Crippen LogP contribution is -2.52. The summed E-state index contributed by atoms with van der Waals surface area (Å²) < 4.78 is 0. The number of aromatic nitrogens is 2. The van der Waals surface area contributed by atoms with Crippen molar-refractivity contribution in [3.05, 3.63) is 53.9 Å². The van der Waals surface area contributed by atoms with Crippen LogP contribution in [-0.4, -0.2) is 47.1 Å². The average molecular weight is 367 g/mol. The zero-order valence-corrected chi connectivity index (χ0v) is 16.6. The number of rotatable bonds is 3. The third-order valence-corrected chi connectivity index (χ3v) is 5.02. The van der Waals surface area contributed by atoms with Crippen molar-refractivity contribution < 1.29 is 4.79 Å². The molecule has 0 saturated carbocycles. The summed E-state index contributed by atoms with van der Waals surface area (Å²) in [7, 11) is 0. The van der Waals surface area contributed by atoms with E-state index in [1.807, 2.05) is 17.9 Å². The maximum absolute atomic E-state index is 12.6. The zero-order chi connectivity index (χ0) is 19.4. The summed E-state index contributed by atoms with van der Waals surface area (Å²) >= 11 is 0. The van der Waals surface area contributed by atoms with Gasteiger partial charge in [0.2, 0.25) is 5.95 Å². The highest BCUT2D eigenvalue weighted by atomic mass is 16.2. The number of carbonyl (C=O) groups is 1. The summed E-state index contributed by atoms with van der Waals surface area (Å²) in [5, 5.41) is 3.12. The second-order valence-corrected chi connectivity index (χ2v) is 8.07. The molecule has 1 saturated heterocycles. The molecule has 1 atom stereocenters. The number of nitrogens with one attached hydrogen (secondary N) is 1. The van der Waals surface area contributed by atoms with Crippen molar-refractivity contribution in [1.29, 1.82) is 0 Å². The molecule has 0 bridgehead atoms. The molecule has 0 aliphatic carbocycles. The van der Waals surface area contributed by atoms with Crippen molar-refractivity contribution in [2.45, 2.75) is 39.2 Å². The molecule has 1 fully saturated rings. The van der Waals surface area contributed by atoms with Crippen molar-refractivity contribution >= 4 is 12.0 Å². The van der Waals surface area contributed by atoms with Gasteiger partial charge in [-0.1, -0.05) is 45.0 Å². The fraction of sp³-hybridized carbons (Fsp3) is 0.476. The minimum absolute atomic E-state index is 0.0176. The lowest BCUT2D eigenvalue weighted by atomic mass is 9.86. The summed E-state index contributed by atoms with van der Waals surface area (Å²) in [4.78, 5) is 25.1. The van der Waals surface area contributed by atoms with E-state index in [2.05, 4.69) is 65.2 Å². The molecule has 0 spiro atoms. The monoisotopic (exact) mass is 367 g/mol. The molecule has 1 aliphatic rings. The number of amides is 2. The van der Waals surface area contributed by atoms with E-state index in [4.69, 9.17) is 0 Å². The molecule has 1 aliphatic heterocycles. The van der Waals surface area contributed by atoms with E-state index in [-0.39, 0.29) is 17.5 Å². The van der Waals surface area contributed by atoms with Gasteiger partial charge in [0.1, 0.15) is 0 Å². The predicted molar refractivity (Wildman–Crippen MR) is 108 cm³/mol. The van der Waals surface area contributed by atoms with Crippen molar-refractivity contribution in [1.82, 2.24) is 20.2 Å². The van der Waals surface area contributed by atoms with Crippen molar-refractivity contribution in [2.24, 2.45) is 0 Å². The highest BCUT2D eigenvalue weighted by Gasteiger charge is 2.23. The third-order valence-electron chi connectivity index (χ3n) is 5.02. The zero-order valence-electron chi connectivity index (χ0n) is 16.6. The molecule has 2 aromatic rings. The molecular formula is C21H29N5O. The molecule has 144 valence electrons. The molecular weight excluding hydrogens is 338 g/mol. The van der Waals surface area contributed by atoms with Crippen molar-refractivity contribution in [3.63, 3.8) is 0 Å². The van der Waals surface area contributed by atoms with Gasteiger partial charge in [-0.3, -0.25) is 0 Å². The quantitative estimate of drug-likeness (QED) is 0.904. The predicted octanol–water partition coefficient (Wildman–Crippen LogP) is 3.37. The molecule has 3 rings (SSSR count). The number of carbonyl (C=O) groups excluding carboxylic acids is 1. The maximum atomic E-state index is 12.6. The molecule has 2 heterocycles. The number of benzene rings is 1. The number of piperazine rings is 1. The van der Waals surface area contributed by atoms with Crippen LogP contribution in [0.25, 0.3) is 0 Å². The topological polar surface area (TPSA) is 61.4 Å². The van der Waals surface area contributed by atoms with E-state index in [0.717, 1.165) is 24.6 Å². The number of anilines is 1. The van der Waals surface area contributed by atoms with Gasteiger partial charge < -0.3 is 15.1 Å². The van der Waals surface area contributed by atoms with E-state index in [9.17, 15) is 4.79 Å². The van der Waals surface area contributed by atoms with Crippen LogP contribution in [0.2, 0.25) is 0 Å². The first-order valence-corrected chi connectivity index (χ1v) is 9.52. The summed E-state index contributed by atoms with van der Waals surface area (Å²) in [6, 6.07) is 10.3. The van der Waals surface area contributed by atoms with Gasteiger partial charge >= 0.3 is 6.03 Å². The van der Waals surface area contributed by atoms with Crippen molar-refractivity contribution in [3.8, 4) is 0 Å². The Morgan fingerprint density at radius 3 is 2.19 bits per heavy atom. The Hall–Kier alpha value is -2.63. The standard InChI is InChI=1S/C21H29N5O/c1-16(17-6-8-18(9-7-17)21(2,3)4)24-20(27)26-14-12-25(13-15-26)19-22-10-5-11-23-19/h5-11,16H,12-15H2,1-4H3,(H,24,27). The van der Waals surface area contributed by atoms with E-state index in [1.54, 1.807) is 12.4 Å². The Bertz CT molecular complexity index is 746. The van der Waals surface area contributed by atoms with Gasteiger partial charge in [0, 0.05) is 38.6 Å². The first-order chi connectivity index (χ1) is 12.8. The molecule has 1 aromatic carbocycles. The largest absolute Gasteiger partial charge is 0.337 e. The lowest BCUT2D eigenvalue weighted by molar-refractivity contribution is 0.191. The lowest BCUT2D eigenvalue weighted by Gasteiger charge is -2.35. The number of hydrogen-bond acceptors (Lipinski definition) is 4. The van der Waals surface area contributed by atoms with Crippen LogP contribution >= 0.6 is 0 Å². The van der Waals surface area contributed by atoms with Crippen LogP contribution in [0.1, 0.15) is 44.9 Å². The Morgan fingerprint density at radius 1 is 1.04 bits per heavy atom. The molecule has 1 N–H and O–H groups in total. The third kappa shape index (κ3) is 4.76. The van der Waals surface area contributed by atoms with Gasteiger partial charge in [-0.05, 0) is 29.5 Å². The Kier molecular flexibility index (Phi) is 5.63. The van der Waals surface area contributed by atoms with Gasteiger partial charge in [0.15, 0.2) is 0 Å². The second-order valence-electron chi connectivity index (χ2n) is 8.07. The molecule has 6 nitrogen and oxygen atoms in total. The van der Waals surface area contributed by atoms with Crippen molar-refractivity contribution in [2.75, 3.05) is 31.1 Å². The van der Waals surface area contributed by atoms with E-state index < -0.39 is 0 Å². The van der Waals surface area contributed by atoms with E-state index >= 15 is 0 Å². The summed E-state index contributed by atoms with van der Waals surface area (Å²) in [5.74, 6) is 0.727. The van der Waals surface area contributed by atoms with Crippen LogP contribution in [-0.2, 0) is 5.41 Å².